The first-order valence-corrected chi connectivity index (χ1v) is 11.7. The first kappa shape index (κ1) is 18.5. The zero-order valence-corrected chi connectivity index (χ0v) is 17.4. The number of rotatable bonds is 4. The van der Waals surface area contributed by atoms with E-state index in [1.54, 1.807) is 17.5 Å². The number of fused-ring (bicyclic) bond motifs is 1. The number of hydrogen-bond acceptors (Lipinski definition) is 6. The molecule has 0 radical (unpaired) electrons. The molecule has 0 spiro atoms. The van der Waals surface area contributed by atoms with Crippen LogP contribution < -0.4 is 5.32 Å². The lowest BCUT2D eigenvalue weighted by Gasteiger charge is -2.22. The van der Waals surface area contributed by atoms with Gasteiger partial charge in [-0.1, -0.05) is 23.5 Å². The van der Waals surface area contributed by atoms with Gasteiger partial charge in [-0.2, -0.15) is 4.31 Å². The van der Waals surface area contributed by atoms with Gasteiger partial charge in [0.25, 0.3) is 10.0 Å². The zero-order chi connectivity index (χ0) is 19.2. The topological polar surface area (TPSA) is 79.4 Å². The smallest absolute Gasteiger partial charge is 0.253 e. The van der Waals surface area contributed by atoms with Crippen LogP contribution in [0, 0.1) is 13.8 Å². The maximum absolute atomic E-state index is 12.8. The number of thiophene rings is 1. The Morgan fingerprint density at radius 3 is 2.85 bits per heavy atom. The van der Waals surface area contributed by atoms with Gasteiger partial charge in [0.05, 0.1) is 10.2 Å². The quantitative estimate of drug-likeness (QED) is 0.695. The van der Waals surface area contributed by atoms with E-state index < -0.39 is 16.1 Å². The van der Waals surface area contributed by atoms with Gasteiger partial charge < -0.3 is 5.32 Å². The molecule has 4 rings (SSSR count). The van der Waals surface area contributed by atoms with Crippen molar-refractivity contribution in [3.8, 4) is 0 Å². The molecular weight excluding hydrogens is 402 g/mol. The number of nitrogens with zero attached hydrogens (tertiary/aromatic N) is 2. The minimum absolute atomic E-state index is 0.272. The SMILES string of the molecule is Cc1ccc2sc(NC(=O)C3CCCN3S(=O)(=O)c3cccs3)nc2c1C. The van der Waals surface area contributed by atoms with Crippen LogP contribution in [0.4, 0.5) is 5.13 Å². The Bertz CT molecular complexity index is 1100. The molecule has 27 heavy (non-hydrogen) atoms. The summed E-state index contributed by atoms with van der Waals surface area (Å²) in [6, 6.07) is 6.61. The van der Waals surface area contributed by atoms with Crippen LogP contribution >= 0.6 is 22.7 Å². The van der Waals surface area contributed by atoms with Crippen molar-refractivity contribution in [2.45, 2.75) is 36.9 Å². The van der Waals surface area contributed by atoms with E-state index in [4.69, 9.17) is 0 Å². The number of sulfonamides is 1. The Labute approximate surface area is 165 Å². The molecule has 1 aromatic carbocycles. The van der Waals surface area contributed by atoms with Gasteiger partial charge in [-0.15, -0.1) is 11.3 Å². The molecule has 3 heterocycles. The molecule has 6 nitrogen and oxygen atoms in total. The summed E-state index contributed by atoms with van der Waals surface area (Å²) in [5.74, 6) is -0.318. The van der Waals surface area contributed by atoms with E-state index in [2.05, 4.69) is 10.3 Å². The van der Waals surface area contributed by atoms with Crippen molar-refractivity contribution < 1.29 is 13.2 Å². The number of anilines is 1. The second kappa shape index (κ2) is 6.97. The molecule has 2 aromatic heterocycles. The number of nitrogens with one attached hydrogen (secondary N) is 1. The highest BCUT2D eigenvalue weighted by Crippen LogP contribution is 2.32. The third-order valence-electron chi connectivity index (χ3n) is 4.88. The minimum atomic E-state index is -3.64. The summed E-state index contributed by atoms with van der Waals surface area (Å²) in [5, 5.41) is 5.06. The molecule has 9 heteroatoms. The lowest BCUT2D eigenvalue weighted by molar-refractivity contribution is -0.119. The third-order valence-corrected chi connectivity index (χ3v) is 9.10. The number of amides is 1. The molecule has 0 bridgehead atoms. The largest absolute Gasteiger partial charge is 0.301 e. The maximum Gasteiger partial charge on any atom is 0.253 e. The Morgan fingerprint density at radius 1 is 1.30 bits per heavy atom. The molecule has 1 amide bonds. The zero-order valence-electron chi connectivity index (χ0n) is 14.9. The van der Waals surface area contributed by atoms with E-state index in [0.29, 0.717) is 24.5 Å². The summed E-state index contributed by atoms with van der Waals surface area (Å²) < 4.78 is 28.2. The van der Waals surface area contributed by atoms with Gasteiger partial charge in [-0.05, 0) is 55.3 Å². The van der Waals surface area contributed by atoms with Crippen molar-refractivity contribution in [2.24, 2.45) is 0 Å². The molecule has 1 N–H and O–H groups in total. The summed E-state index contributed by atoms with van der Waals surface area (Å²) in [4.78, 5) is 17.4. The predicted octanol–water partition coefficient (Wildman–Crippen LogP) is 3.77. The second-order valence-corrected chi connectivity index (χ2v) is 10.7. The molecule has 1 atom stereocenters. The Balaban J connectivity index is 1.58. The number of benzene rings is 1. The molecule has 1 fully saturated rings. The summed E-state index contributed by atoms with van der Waals surface area (Å²) in [7, 11) is -3.64. The Hall–Kier alpha value is -1.81. The van der Waals surface area contributed by atoms with E-state index in [1.807, 2.05) is 26.0 Å². The number of carbonyl (C=O) groups is 1. The van der Waals surface area contributed by atoms with Gasteiger partial charge in [0, 0.05) is 6.54 Å². The average molecular weight is 422 g/mol. The van der Waals surface area contributed by atoms with Crippen molar-refractivity contribution in [1.82, 2.24) is 9.29 Å². The molecule has 1 saturated heterocycles. The van der Waals surface area contributed by atoms with E-state index in [-0.39, 0.29) is 10.1 Å². The predicted molar refractivity (Wildman–Crippen MR) is 109 cm³/mol. The van der Waals surface area contributed by atoms with Crippen LogP contribution in [0.1, 0.15) is 24.0 Å². The fraction of sp³-hybridized carbons (Fsp3) is 0.333. The highest BCUT2D eigenvalue weighted by molar-refractivity contribution is 7.91. The molecule has 0 aliphatic carbocycles. The molecule has 1 unspecified atom stereocenters. The summed E-state index contributed by atoms with van der Waals surface area (Å²) in [6.07, 6.45) is 1.18. The van der Waals surface area contributed by atoms with Crippen molar-refractivity contribution in [3.63, 3.8) is 0 Å². The van der Waals surface area contributed by atoms with Gasteiger partial charge in [-0.3, -0.25) is 4.79 Å². The van der Waals surface area contributed by atoms with E-state index in [9.17, 15) is 13.2 Å². The number of aromatic nitrogens is 1. The van der Waals surface area contributed by atoms with Crippen LogP contribution in [0.15, 0.2) is 33.9 Å². The monoisotopic (exact) mass is 421 g/mol. The lowest BCUT2D eigenvalue weighted by atomic mass is 10.1. The second-order valence-electron chi connectivity index (χ2n) is 6.57. The Kier molecular flexibility index (Phi) is 4.79. The summed E-state index contributed by atoms with van der Waals surface area (Å²) in [6.45, 7) is 4.39. The van der Waals surface area contributed by atoms with Gasteiger partial charge in [0.2, 0.25) is 5.91 Å². The maximum atomic E-state index is 12.8. The van der Waals surface area contributed by atoms with Crippen LogP contribution in [0.2, 0.25) is 0 Å². The lowest BCUT2D eigenvalue weighted by Crippen LogP contribution is -2.42. The first-order valence-electron chi connectivity index (χ1n) is 8.61. The van der Waals surface area contributed by atoms with Crippen LogP contribution in [0.5, 0.6) is 0 Å². The third kappa shape index (κ3) is 3.29. The molecule has 142 valence electrons. The highest BCUT2D eigenvalue weighted by atomic mass is 32.2. The number of carbonyl (C=O) groups excluding carboxylic acids is 1. The molecule has 1 aliphatic heterocycles. The van der Waals surface area contributed by atoms with Gasteiger partial charge in [0.1, 0.15) is 10.3 Å². The van der Waals surface area contributed by atoms with E-state index in [1.165, 1.54) is 27.0 Å². The average Bonchev–Trinajstić information content (AvgIpc) is 3.38. The van der Waals surface area contributed by atoms with Crippen molar-refractivity contribution in [3.05, 3.63) is 40.8 Å². The standard InChI is InChI=1S/C18H19N3O3S3/c1-11-7-8-14-16(12(11)2)19-18(26-14)20-17(22)13-5-3-9-21(13)27(23,24)15-6-4-10-25-15/h4,6-8,10,13H,3,5,9H2,1-2H3,(H,19,20,22). The van der Waals surface area contributed by atoms with Crippen molar-refractivity contribution >= 4 is 54.0 Å². The van der Waals surface area contributed by atoms with E-state index in [0.717, 1.165) is 21.3 Å². The molecular formula is C18H19N3O3S3. The van der Waals surface area contributed by atoms with Gasteiger partial charge in [0.15, 0.2) is 5.13 Å². The molecule has 3 aromatic rings. The molecule has 0 saturated carbocycles. The van der Waals surface area contributed by atoms with Crippen LogP contribution in [0.3, 0.4) is 0 Å². The minimum Gasteiger partial charge on any atom is -0.301 e. The highest BCUT2D eigenvalue weighted by Gasteiger charge is 2.40. The normalized spacial score (nSPS) is 18.2. The number of hydrogen-bond donors (Lipinski definition) is 1. The molecule has 1 aliphatic rings. The van der Waals surface area contributed by atoms with Crippen molar-refractivity contribution in [2.75, 3.05) is 11.9 Å². The Morgan fingerprint density at radius 2 is 2.11 bits per heavy atom. The summed E-state index contributed by atoms with van der Waals surface area (Å²) in [5.41, 5.74) is 3.12. The fourth-order valence-corrected chi connectivity index (χ4v) is 6.99. The van der Waals surface area contributed by atoms with Crippen LogP contribution in [-0.2, 0) is 14.8 Å². The van der Waals surface area contributed by atoms with Gasteiger partial charge in [-0.25, -0.2) is 13.4 Å². The summed E-state index contributed by atoms with van der Waals surface area (Å²) >= 11 is 2.57. The van der Waals surface area contributed by atoms with E-state index >= 15 is 0 Å². The first-order chi connectivity index (χ1) is 12.9. The van der Waals surface area contributed by atoms with Crippen LogP contribution in [-0.4, -0.2) is 36.2 Å². The fourth-order valence-electron chi connectivity index (χ4n) is 3.28. The van der Waals surface area contributed by atoms with Crippen LogP contribution in [0.25, 0.3) is 10.2 Å². The van der Waals surface area contributed by atoms with Gasteiger partial charge >= 0.3 is 0 Å². The number of thiazole rings is 1. The van der Waals surface area contributed by atoms with Crippen molar-refractivity contribution in [1.29, 1.82) is 0 Å². The number of aryl methyl sites for hydroxylation is 2.